The van der Waals surface area contributed by atoms with Crippen molar-refractivity contribution in [2.24, 2.45) is 5.92 Å². The Morgan fingerprint density at radius 3 is 2.96 bits per heavy atom. The number of piperidine rings is 1. The van der Waals surface area contributed by atoms with Crippen LogP contribution in [0.1, 0.15) is 12.8 Å². The Labute approximate surface area is 144 Å². The highest BCUT2D eigenvalue weighted by Crippen LogP contribution is 2.31. The second-order valence-electron chi connectivity index (χ2n) is 6.19. The summed E-state index contributed by atoms with van der Waals surface area (Å²) in [4.78, 5) is 21.8. The third-order valence-corrected chi connectivity index (χ3v) is 6.58. The molecule has 0 bridgehead atoms. The van der Waals surface area contributed by atoms with Crippen molar-refractivity contribution in [3.63, 3.8) is 0 Å². The summed E-state index contributed by atoms with van der Waals surface area (Å²) in [6.07, 6.45) is 3.97. The maximum absolute atomic E-state index is 12.8. The first-order valence-electron chi connectivity index (χ1n) is 8.26. The second-order valence-corrected chi connectivity index (χ2v) is 8.36. The number of carbonyl (C=O) groups excluding carboxylic acids is 1. The molecule has 1 amide bonds. The van der Waals surface area contributed by atoms with Gasteiger partial charge < -0.3 is 9.80 Å². The smallest absolute Gasteiger partial charge is 0.227 e. The van der Waals surface area contributed by atoms with Crippen LogP contribution in [0.4, 0.5) is 5.82 Å². The number of amides is 1. The average molecular weight is 348 g/mol. The summed E-state index contributed by atoms with van der Waals surface area (Å²) in [5.74, 6) is 3.70. The van der Waals surface area contributed by atoms with Gasteiger partial charge in [0.1, 0.15) is 5.82 Å². The van der Waals surface area contributed by atoms with E-state index in [1.165, 1.54) is 10.1 Å². The second kappa shape index (κ2) is 6.69. The van der Waals surface area contributed by atoms with Gasteiger partial charge in [-0.2, -0.15) is 11.8 Å². The fraction of sp³-hybridized carbons (Fsp3) is 0.529. The van der Waals surface area contributed by atoms with Crippen LogP contribution in [0.5, 0.6) is 0 Å². The molecule has 0 saturated carbocycles. The van der Waals surface area contributed by atoms with Gasteiger partial charge in [0.25, 0.3) is 0 Å². The summed E-state index contributed by atoms with van der Waals surface area (Å²) in [7, 11) is 0. The zero-order valence-corrected chi connectivity index (χ0v) is 14.7. The van der Waals surface area contributed by atoms with Crippen LogP contribution in [-0.4, -0.2) is 53.5 Å². The molecule has 2 saturated heterocycles. The average Bonchev–Trinajstić information content (AvgIpc) is 3.10. The normalized spacial score (nSPS) is 22.5. The molecule has 2 aliphatic rings. The van der Waals surface area contributed by atoms with E-state index in [-0.39, 0.29) is 5.92 Å². The number of pyridine rings is 1. The van der Waals surface area contributed by atoms with Crippen molar-refractivity contribution in [2.45, 2.75) is 12.8 Å². The molecule has 2 aliphatic heterocycles. The van der Waals surface area contributed by atoms with Crippen LogP contribution in [0.3, 0.4) is 0 Å². The molecule has 1 atom stereocenters. The van der Waals surface area contributed by atoms with Crippen LogP contribution in [-0.2, 0) is 4.79 Å². The quantitative estimate of drug-likeness (QED) is 0.836. The Morgan fingerprint density at radius 1 is 1.22 bits per heavy atom. The molecule has 2 aromatic rings. The molecule has 2 aromatic heterocycles. The SMILES string of the molecule is O=C(C1CCCN(c2nccc3sccc23)C1)N1CCSCC1. The highest BCUT2D eigenvalue weighted by molar-refractivity contribution is 7.99. The van der Waals surface area contributed by atoms with Gasteiger partial charge in [0, 0.05) is 54.0 Å². The van der Waals surface area contributed by atoms with E-state index in [4.69, 9.17) is 0 Å². The topological polar surface area (TPSA) is 36.4 Å². The minimum Gasteiger partial charge on any atom is -0.355 e. The number of nitrogens with zero attached hydrogens (tertiary/aromatic N) is 3. The molecular weight excluding hydrogens is 326 g/mol. The molecule has 0 aromatic carbocycles. The molecule has 23 heavy (non-hydrogen) atoms. The molecule has 0 spiro atoms. The predicted molar refractivity (Wildman–Crippen MR) is 98.5 cm³/mol. The number of anilines is 1. The van der Waals surface area contributed by atoms with Crippen LogP contribution < -0.4 is 4.90 Å². The summed E-state index contributed by atoms with van der Waals surface area (Å²) < 4.78 is 1.27. The van der Waals surface area contributed by atoms with Crippen LogP contribution in [0.25, 0.3) is 10.1 Å². The fourth-order valence-corrected chi connectivity index (χ4v) is 5.22. The molecule has 4 rings (SSSR count). The molecule has 6 heteroatoms. The van der Waals surface area contributed by atoms with Gasteiger partial charge in [-0.25, -0.2) is 4.98 Å². The van der Waals surface area contributed by atoms with Crippen molar-refractivity contribution < 1.29 is 4.79 Å². The number of thioether (sulfide) groups is 1. The van der Waals surface area contributed by atoms with E-state index < -0.39 is 0 Å². The molecule has 0 N–H and O–H groups in total. The van der Waals surface area contributed by atoms with Crippen molar-refractivity contribution in [3.05, 3.63) is 23.7 Å². The van der Waals surface area contributed by atoms with Gasteiger partial charge in [-0.05, 0) is 30.4 Å². The lowest BCUT2D eigenvalue weighted by Gasteiger charge is -2.36. The van der Waals surface area contributed by atoms with Gasteiger partial charge in [-0.3, -0.25) is 4.79 Å². The van der Waals surface area contributed by atoms with E-state index in [0.717, 1.165) is 56.3 Å². The lowest BCUT2D eigenvalue weighted by molar-refractivity contribution is -0.135. The molecular formula is C17H21N3OS2. The molecule has 122 valence electrons. The molecule has 4 heterocycles. The third kappa shape index (κ3) is 3.06. The largest absolute Gasteiger partial charge is 0.355 e. The van der Waals surface area contributed by atoms with E-state index in [1.807, 2.05) is 18.0 Å². The van der Waals surface area contributed by atoms with E-state index in [2.05, 4.69) is 32.3 Å². The minimum atomic E-state index is 0.127. The number of rotatable bonds is 2. The lowest BCUT2D eigenvalue weighted by atomic mass is 9.96. The fourth-order valence-electron chi connectivity index (χ4n) is 3.54. The van der Waals surface area contributed by atoms with Crippen LogP contribution in [0.2, 0.25) is 0 Å². The Kier molecular flexibility index (Phi) is 4.44. The molecule has 0 radical (unpaired) electrons. The van der Waals surface area contributed by atoms with E-state index in [0.29, 0.717) is 5.91 Å². The van der Waals surface area contributed by atoms with Crippen molar-refractivity contribution in [1.82, 2.24) is 9.88 Å². The van der Waals surface area contributed by atoms with Gasteiger partial charge >= 0.3 is 0 Å². The van der Waals surface area contributed by atoms with Gasteiger partial charge in [0.15, 0.2) is 0 Å². The van der Waals surface area contributed by atoms with Crippen molar-refractivity contribution in [3.8, 4) is 0 Å². The zero-order chi connectivity index (χ0) is 15.6. The highest BCUT2D eigenvalue weighted by atomic mass is 32.2. The van der Waals surface area contributed by atoms with E-state index in [9.17, 15) is 4.79 Å². The first-order valence-corrected chi connectivity index (χ1v) is 10.3. The maximum Gasteiger partial charge on any atom is 0.227 e. The number of aromatic nitrogens is 1. The van der Waals surface area contributed by atoms with Crippen LogP contribution in [0, 0.1) is 5.92 Å². The number of hydrogen-bond acceptors (Lipinski definition) is 5. The lowest BCUT2D eigenvalue weighted by Crippen LogP contribution is -2.47. The molecule has 0 aliphatic carbocycles. The predicted octanol–water partition coefficient (Wildman–Crippen LogP) is 3.09. The van der Waals surface area contributed by atoms with Crippen molar-refractivity contribution >= 4 is 44.9 Å². The number of carbonyl (C=O) groups is 1. The molecule has 1 unspecified atom stereocenters. The monoisotopic (exact) mass is 347 g/mol. The molecule has 2 fully saturated rings. The zero-order valence-electron chi connectivity index (χ0n) is 13.1. The van der Waals surface area contributed by atoms with Gasteiger partial charge in [0.05, 0.1) is 5.92 Å². The third-order valence-electron chi connectivity index (χ3n) is 4.75. The summed E-state index contributed by atoms with van der Waals surface area (Å²) in [6.45, 7) is 3.64. The Bertz CT molecular complexity index is 696. The van der Waals surface area contributed by atoms with Gasteiger partial charge in [0.2, 0.25) is 5.91 Å². The minimum absolute atomic E-state index is 0.127. The van der Waals surface area contributed by atoms with Crippen LogP contribution in [0.15, 0.2) is 23.7 Å². The van der Waals surface area contributed by atoms with Gasteiger partial charge in [-0.1, -0.05) is 0 Å². The van der Waals surface area contributed by atoms with E-state index in [1.54, 1.807) is 11.3 Å². The highest BCUT2D eigenvalue weighted by Gasteiger charge is 2.31. The first-order chi connectivity index (χ1) is 11.3. The Hall–Kier alpha value is -1.27. The van der Waals surface area contributed by atoms with Gasteiger partial charge in [-0.15, -0.1) is 11.3 Å². The summed E-state index contributed by atoms with van der Waals surface area (Å²) >= 11 is 3.70. The summed E-state index contributed by atoms with van der Waals surface area (Å²) in [5.41, 5.74) is 0. The number of fused-ring (bicyclic) bond motifs is 1. The van der Waals surface area contributed by atoms with Crippen molar-refractivity contribution in [2.75, 3.05) is 42.6 Å². The van der Waals surface area contributed by atoms with E-state index >= 15 is 0 Å². The Balaban J connectivity index is 1.52. The molecule has 4 nitrogen and oxygen atoms in total. The van der Waals surface area contributed by atoms with Crippen molar-refractivity contribution in [1.29, 1.82) is 0 Å². The van der Waals surface area contributed by atoms with Crippen LogP contribution >= 0.6 is 23.1 Å². The number of thiophene rings is 1. The maximum atomic E-state index is 12.8. The Morgan fingerprint density at radius 2 is 2.09 bits per heavy atom. The summed E-state index contributed by atoms with van der Waals surface area (Å²) in [5, 5.41) is 3.34. The standard InChI is InChI=1S/C17H21N3OS2/c21-17(19-7-10-22-11-8-19)13-2-1-6-20(12-13)16-14-4-9-23-15(14)3-5-18-16/h3-5,9,13H,1-2,6-8,10-12H2. The number of hydrogen-bond donors (Lipinski definition) is 0. The first kappa shape index (κ1) is 15.3. The summed E-state index contributed by atoms with van der Waals surface area (Å²) in [6, 6.07) is 4.22.